The van der Waals surface area contributed by atoms with Gasteiger partial charge in [0.2, 0.25) is 0 Å². The highest BCUT2D eigenvalue weighted by molar-refractivity contribution is 6.17. The minimum Gasteiger partial charge on any atom is -0.399 e. The first-order chi connectivity index (χ1) is 17.1. The van der Waals surface area contributed by atoms with Gasteiger partial charge in [-0.1, -0.05) is 18.2 Å². The number of alkyl halides is 3. The molecule has 0 atom stereocenters. The van der Waals surface area contributed by atoms with E-state index < -0.39 is 17.6 Å². The van der Waals surface area contributed by atoms with E-state index in [0.717, 1.165) is 29.2 Å². The molecule has 1 amide bonds. The molecule has 0 aliphatic carbocycles. The van der Waals surface area contributed by atoms with Crippen molar-refractivity contribution < 1.29 is 18.0 Å². The number of halogens is 3. The van der Waals surface area contributed by atoms with E-state index >= 15 is 0 Å². The van der Waals surface area contributed by atoms with Gasteiger partial charge in [-0.15, -0.1) is 0 Å². The lowest BCUT2D eigenvalue weighted by Crippen LogP contribution is -2.32. The number of anilines is 7. The van der Waals surface area contributed by atoms with Crippen LogP contribution in [-0.2, 0) is 6.18 Å². The van der Waals surface area contributed by atoms with Gasteiger partial charge >= 0.3 is 6.18 Å². The van der Waals surface area contributed by atoms with Crippen molar-refractivity contribution in [1.29, 1.82) is 0 Å². The van der Waals surface area contributed by atoms with Gasteiger partial charge in [-0.25, -0.2) is 0 Å². The molecule has 0 aromatic heterocycles. The molecule has 0 radical (unpaired) electrons. The highest BCUT2D eigenvalue weighted by Crippen LogP contribution is 2.53. The topological polar surface area (TPSA) is 52.8 Å². The number of hydrogen-bond acceptors (Lipinski definition) is 4. The maximum Gasteiger partial charge on any atom is 0.416 e. The van der Waals surface area contributed by atoms with Gasteiger partial charge in [-0.3, -0.25) is 9.69 Å². The Kier molecular flexibility index (Phi) is 5.59. The van der Waals surface area contributed by atoms with E-state index in [1.165, 1.54) is 17.0 Å². The summed E-state index contributed by atoms with van der Waals surface area (Å²) in [7, 11) is 3.85. The smallest absolute Gasteiger partial charge is 0.399 e. The van der Waals surface area contributed by atoms with Gasteiger partial charge in [0.05, 0.1) is 28.3 Å². The molecule has 5 rings (SSSR count). The number of hydrogen-bond donors (Lipinski definition) is 1. The number of carbonyl (C=O) groups excluding carboxylic acids is 1. The van der Waals surface area contributed by atoms with Crippen molar-refractivity contribution in [3.05, 3.63) is 102 Å². The number of carbonyl (C=O) groups is 1. The van der Waals surface area contributed by atoms with Crippen LogP contribution in [-0.4, -0.2) is 20.0 Å². The average Bonchev–Trinajstić information content (AvgIpc) is 2.86. The van der Waals surface area contributed by atoms with Crippen LogP contribution in [0.5, 0.6) is 0 Å². The number of rotatable bonds is 3. The van der Waals surface area contributed by atoms with Crippen molar-refractivity contribution in [2.24, 2.45) is 0 Å². The highest BCUT2D eigenvalue weighted by atomic mass is 19.4. The molecule has 36 heavy (non-hydrogen) atoms. The molecule has 2 N–H and O–H groups in total. The average molecular weight is 489 g/mol. The second-order valence-corrected chi connectivity index (χ2v) is 8.70. The fourth-order valence-corrected chi connectivity index (χ4v) is 4.33. The Morgan fingerprint density at radius 2 is 1.39 bits per heavy atom. The number of nitrogen functional groups attached to an aromatic ring is 1. The van der Waals surface area contributed by atoms with Gasteiger partial charge < -0.3 is 15.5 Å². The van der Waals surface area contributed by atoms with Gasteiger partial charge in [0.1, 0.15) is 0 Å². The third-order valence-corrected chi connectivity index (χ3v) is 6.12. The lowest BCUT2D eigenvalue weighted by Gasteiger charge is -2.40. The maximum absolute atomic E-state index is 13.8. The second-order valence-electron chi connectivity index (χ2n) is 8.70. The third kappa shape index (κ3) is 4.00. The van der Waals surface area contributed by atoms with Gasteiger partial charge in [-0.2, -0.15) is 13.2 Å². The number of nitrogens with two attached hydrogens (primary N) is 1. The Morgan fingerprint density at radius 1 is 0.778 bits per heavy atom. The van der Waals surface area contributed by atoms with Gasteiger partial charge in [0.25, 0.3) is 5.91 Å². The summed E-state index contributed by atoms with van der Waals surface area (Å²) < 4.78 is 39.3. The van der Waals surface area contributed by atoms with Crippen molar-refractivity contribution in [3.8, 4) is 0 Å². The maximum atomic E-state index is 13.8. The molecule has 4 aromatic carbocycles. The van der Waals surface area contributed by atoms with E-state index in [2.05, 4.69) is 0 Å². The fourth-order valence-electron chi connectivity index (χ4n) is 4.33. The first kappa shape index (κ1) is 23.3. The van der Waals surface area contributed by atoms with Crippen LogP contribution in [0.25, 0.3) is 0 Å². The van der Waals surface area contributed by atoms with Crippen LogP contribution in [0.2, 0.25) is 0 Å². The van der Waals surface area contributed by atoms with Crippen LogP contribution in [0.1, 0.15) is 15.9 Å². The van der Waals surface area contributed by atoms with Crippen molar-refractivity contribution in [2.75, 3.05) is 34.5 Å². The zero-order valence-corrected chi connectivity index (χ0v) is 19.6. The van der Waals surface area contributed by atoms with E-state index in [9.17, 15) is 18.0 Å². The first-order valence-electron chi connectivity index (χ1n) is 11.2. The van der Waals surface area contributed by atoms with Crippen molar-refractivity contribution >= 4 is 45.7 Å². The first-order valence-corrected chi connectivity index (χ1v) is 11.2. The monoisotopic (exact) mass is 488 g/mol. The molecule has 0 saturated heterocycles. The Balaban J connectivity index is 1.72. The summed E-state index contributed by atoms with van der Waals surface area (Å²) in [6, 6.07) is 24.9. The number of fused-ring (bicyclic) bond motifs is 2. The predicted octanol–water partition coefficient (Wildman–Crippen LogP) is 7.12. The molecule has 0 bridgehead atoms. The van der Waals surface area contributed by atoms with Crippen molar-refractivity contribution in [3.63, 3.8) is 0 Å². The molecular formula is C28H23F3N4O. The molecule has 1 aliphatic heterocycles. The SMILES string of the molecule is CN(C)c1ccc2c(c1)N(c1ccccc1)c1cc(N)ccc1N2C(=O)c1ccc(C(F)(F)F)cc1. The van der Waals surface area contributed by atoms with E-state index in [-0.39, 0.29) is 5.56 Å². The molecular weight excluding hydrogens is 465 g/mol. The van der Waals surface area contributed by atoms with E-state index in [1.54, 1.807) is 18.2 Å². The van der Waals surface area contributed by atoms with Gasteiger partial charge in [0.15, 0.2) is 0 Å². The lowest BCUT2D eigenvalue weighted by molar-refractivity contribution is -0.137. The zero-order chi connectivity index (χ0) is 25.6. The van der Waals surface area contributed by atoms with Crippen LogP contribution in [0, 0.1) is 0 Å². The number of nitrogens with zero attached hydrogens (tertiary/aromatic N) is 3. The number of benzene rings is 4. The Morgan fingerprint density at radius 3 is 2.00 bits per heavy atom. The quantitative estimate of drug-likeness (QED) is 0.312. The van der Waals surface area contributed by atoms with Gasteiger partial charge in [0, 0.05) is 36.7 Å². The molecule has 1 heterocycles. The third-order valence-electron chi connectivity index (χ3n) is 6.12. The van der Waals surface area contributed by atoms with Crippen molar-refractivity contribution in [2.45, 2.75) is 6.18 Å². The molecule has 4 aromatic rings. The molecule has 0 fully saturated rings. The second kappa shape index (κ2) is 8.64. The number of para-hydroxylation sites is 1. The lowest BCUT2D eigenvalue weighted by atomic mass is 10.0. The minimum absolute atomic E-state index is 0.140. The van der Waals surface area contributed by atoms with E-state index in [4.69, 9.17) is 5.73 Å². The molecule has 0 saturated carbocycles. The van der Waals surface area contributed by atoms with Crippen LogP contribution < -0.4 is 20.4 Å². The van der Waals surface area contributed by atoms with Crippen LogP contribution in [0.15, 0.2) is 91.0 Å². The molecule has 0 spiro atoms. The predicted molar refractivity (Wildman–Crippen MR) is 138 cm³/mol. The standard InChI is InChI=1S/C28H23F3N4O/c1-33(2)22-13-15-24-26(17-22)34(21-6-4-3-5-7-21)25-16-20(32)12-14-23(25)35(24)27(36)18-8-10-19(11-9-18)28(29,30)31/h3-17H,32H2,1-2H3. The van der Waals surface area contributed by atoms with Crippen molar-refractivity contribution in [1.82, 2.24) is 0 Å². The Hall–Kier alpha value is -4.46. The van der Waals surface area contributed by atoms with Crippen LogP contribution in [0.3, 0.4) is 0 Å². The molecule has 182 valence electrons. The number of amides is 1. The summed E-state index contributed by atoms with van der Waals surface area (Å²) in [6.07, 6.45) is -4.48. The molecule has 0 unspecified atom stereocenters. The van der Waals surface area contributed by atoms with Gasteiger partial charge in [-0.05, 0) is 72.8 Å². The summed E-state index contributed by atoms with van der Waals surface area (Å²) >= 11 is 0. The fraction of sp³-hybridized carbons (Fsp3) is 0.107. The molecule has 1 aliphatic rings. The Labute approximate surface area is 206 Å². The van der Waals surface area contributed by atoms with E-state index in [0.29, 0.717) is 22.7 Å². The summed E-state index contributed by atoms with van der Waals surface area (Å²) in [5, 5.41) is 0. The van der Waals surface area contributed by atoms with E-state index in [1.807, 2.05) is 72.4 Å². The minimum atomic E-state index is -4.48. The normalized spacial score (nSPS) is 12.7. The summed E-state index contributed by atoms with van der Waals surface area (Å²) in [5.74, 6) is -0.443. The van der Waals surface area contributed by atoms with Crippen LogP contribution >= 0.6 is 0 Å². The zero-order valence-electron chi connectivity index (χ0n) is 19.6. The summed E-state index contributed by atoms with van der Waals surface area (Å²) in [6.45, 7) is 0. The molecule has 8 heteroatoms. The summed E-state index contributed by atoms with van der Waals surface area (Å²) in [5.41, 5.74) is 10.4. The Bertz CT molecular complexity index is 1430. The van der Waals surface area contributed by atoms with Crippen LogP contribution in [0.4, 0.5) is 53.0 Å². The largest absolute Gasteiger partial charge is 0.416 e. The highest BCUT2D eigenvalue weighted by Gasteiger charge is 2.35. The molecule has 5 nitrogen and oxygen atoms in total. The summed E-state index contributed by atoms with van der Waals surface area (Å²) in [4.78, 5) is 19.3.